The molecule has 1 aliphatic rings. The molecule has 2 aromatic rings. The van der Waals surface area contributed by atoms with Crippen LogP contribution in [0.25, 0.3) is 0 Å². The molecule has 1 amide bonds. The minimum absolute atomic E-state index is 0.0135. The summed E-state index contributed by atoms with van der Waals surface area (Å²) in [6.45, 7) is 0.920. The van der Waals surface area contributed by atoms with Gasteiger partial charge in [-0.05, 0) is 30.7 Å². The Labute approximate surface area is 143 Å². The third-order valence-corrected chi connectivity index (χ3v) is 4.84. The molecule has 0 bridgehead atoms. The molecule has 0 spiro atoms. The van der Waals surface area contributed by atoms with Crippen molar-refractivity contribution in [3.63, 3.8) is 0 Å². The zero-order chi connectivity index (χ0) is 16.9. The Balaban J connectivity index is 1.52. The number of benzene rings is 1. The van der Waals surface area contributed by atoms with Crippen LogP contribution in [0.5, 0.6) is 0 Å². The van der Waals surface area contributed by atoms with E-state index in [4.69, 9.17) is 0 Å². The van der Waals surface area contributed by atoms with Gasteiger partial charge in [-0.1, -0.05) is 6.07 Å². The number of hydrogen-bond acceptors (Lipinski definition) is 4. The molecule has 7 heteroatoms. The van der Waals surface area contributed by atoms with Crippen LogP contribution < -0.4 is 10.2 Å². The zero-order valence-corrected chi connectivity index (χ0v) is 13.7. The third-order valence-electron chi connectivity index (χ3n) is 3.83. The van der Waals surface area contributed by atoms with E-state index in [0.29, 0.717) is 25.3 Å². The number of rotatable bonds is 5. The molecule has 0 saturated carbocycles. The van der Waals surface area contributed by atoms with E-state index >= 15 is 0 Å². The first-order valence-electron chi connectivity index (χ1n) is 7.64. The molecule has 1 aliphatic heterocycles. The Morgan fingerprint density at radius 2 is 1.96 bits per heavy atom. The van der Waals surface area contributed by atoms with Crippen molar-refractivity contribution in [1.29, 1.82) is 0 Å². The molecule has 1 saturated heterocycles. The number of nitrogens with one attached hydrogen (secondary N) is 1. The van der Waals surface area contributed by atoms with Gasteiger partial charge in [0.15, 0.2) is 0 Å². The molecule has 0 aliphatic carbocycles. The van der Waals surface area contributed by atoms with Crippen LogP contribution in [-0.2, 0) is 4.79 Å². The number of thioether (sulfide) groups is 1. The molecule has 2 heterocycles. The van der Waals surface area contributed by atoms with Crippen molar-refractivity contribution in [2.45, 2.75) is 17.4 Å². The standard InChI is InChI=1S/C17H17F2N3OS/c18-14-2-1-3-15(19)17(14)22-9-6-12(10-22)21-16(23)11-24-13-4-7-20-8-5-13/h1-5,7-8,12H,6,9-11H2,(H,21,23). The van der Waals surface area contributed by atoms with Gasteiger partial charge in [-0.15, -0.1) is 11.8 Å². The smallest absolute Gasteiger partial charge is 0.230 e. The minimum Gasteiger partial charge on any atom is -0.365 e. The van der Waals surface area contributed by atoms with Gasteiger partial charge in [0.05, 0.1) is 5.75 Å². The highest BCUT2D eigenvalue weighted by atomic mass is 32.2. The molecule has 1 aromatic carbocycles. The summed E-state index contributed by atoms with van der Waals surface area (Å²) in [5.41, 5.74) is -0.0135. The number of halogens is 2. The number of carbonyl (C=O) groups is 1. The van der Waals surface area contributed by atoms with Gasteiger partial charge < -0.3 is 10.2 Å². The number of carbonyl (C=O) groups excluding carboxylic acids is 1. The summed E-state index contributed by atoms with van der Waals surface area (Å²) in [4.78, 5) is 18.6. The van der Waals surface area contributed by atoms with E-state index in [1.807, 2.05) is 12.1 Å². The van der Waals surface area contributed by atoms with Crippen molar-refractivity contribution in [3.05, 3.63) is 54.4 Å². The van der Waals surface area contributed by atoms with Gasteiger partial charge in [0, 0.05) is 36.4 Å². The van der Waals surface area contributed by atoms with Crippen molar-refractivity contribution >= 4 is 23.4 Å². The maximum absolute atomic E-state index is 13.8. The van der Waals surface area contributed by atoms with Crippen molar-refractivity contribution < 1.29 is 13.6 Å². The molecular weight excluding hydrogens is 332 g/mol. The van der Waals surface area contributed by atoms with Gasteiger partial charge in [0.25, 0.3) is 0 Å². The molecule has 0 radical (unpaired) electrons. The second-order valence-corrected chi connectivity index (χ2v) is 6.59. The maximum atomic E-state index is 13.8. The first kappa shape index (κ1) is 16.7. The zero-order valence-electron chi connectivity index (χ0n) is 12.9. The molecule has 1 atom stereocenters. The fourth-order valence-corrected chi connectivity index (χ4v) is 3.42. The number of nitrogens with zero attached hydrogens (tertiary/aromatic N) is 2. The molecule has 4 nitrogen and oxygen atoms in total. The van der Waals surface area contributed by atoms with E-state index in [2.05, 4.69) is 10.3 Å². The van der Waals surface area contributed by atoms with Crippen LogP contribution in [0.15, 0.2) is 47.6 Å². The van der Waals surface area contributed by atoms with Crippen molar-refractivity contribution in [1.82, 2.24) is 10.3 Å². The molecule has 1 unspecified atom stereocenters. The number of para-hydroxylation sites is 1. The largest absolute Gasteiger partial charge is 0.365 e. The van der Waals surface area contributed by atoms with E-state index < -0.39 is 11.6 Å². The Hall–Kier alpha value is -2.15. The quantitative estimate of drug-likeness (QED) is 0.843. The summed E-state index contributed by atoms with van der Waals surface area (Å²) < 4.78 is 27.6. The van der Waals surface area contributed by atoms with Crippen LogP contribution in [0.1, 0.15) is 6.42 Å². The number of amides is 1. The summed E-state index contributed by atoms with van der Waals surface area (Å²) in [6.07, 6.45) is 4.02. The van der Waals surface area contributed by atoms with Crippen molar-refractivity contribution in [3.8, 4) is 0 Å². The van der Waals surface area contributed by atoms with Gasteiger partial charge in [0.1, 0.15) is 17.3 Å². The fraction of sp³-hybridized carbons (Fsp3) is 0.294. The summed E-state index contributed by atoms with van der Waals surface area (Å²) in [7, 11) is 0. The predicted molar refractivity (Wildman–Crippen MR) is 90.1 cm³/mol. The van der Waals surface area contributed by atoms with Crippen LogP contribution in [0.2, 0.25) is 0 Å². The van der Waals surface area contributed by atoms with E-state index in [-0.39, 0.29) is 17.6 Å². The third kappa shape index (κ3) is 4.03. The summed E-state index contributed by atoms with van der Waals surface area (Å²) in [5, 5.41) is 2.93. The van der Waals surface area contributed by atoms with Crippen LogP contribution in [0.4, 0.5) is 14.5 Å². The van der Waals surface area contributed by atoms with Gasteiger partial charge in [0.2, 0.25) is 5.91 Å². The Morgan fingerprint density at radius 1 is 1.25 bits per heavy atom. The van der Waals surface area contributed by atoms with E-state index in [1.54, 1.807) is 17.3 Å². The number of anilines is 1. The molecule has 126 valence electrons. The maximum Gasteiger partial charge on any atom is 0.230 e. The van der Waals surface area contributed by atoms with Crippen LogP contribution >= 0.6 is 11.8 Å². The lowest BCUT2D eigenvalue weighted by Crippen LogP contribution is -2.38. The van der Waals surface area contributed by atoms with Crippen LogP contribution in [0, 0.1) is 11.6 Å². The highest BCUT2D eigenvalue weighted by Gasteiger charge is 2.27. The van der Waals surface area contributed by atoms with E-state index in [9.17, 15) is 13.6 Å². The fourth-order valence-electron chi connectivity index (χ4n) is 2.72. The lowest BCUT2D eigenvalue weighted by Gasteiger charge is -2.20. The van der Waals surface area contributed by atoms with Crippen LogP contribution in [0.3, 0.4) is 0 Å². The second-order valence-electron chi connectivity index (χ2n) is 5.54. The average molecular weight is 349 g/mol. The van der Waals surface area contributed by atoms with Gasteiger partial charge >= 0.3 is 0 Å². The molecule has 1 aromatic heterocycles. The lowest BCUT2D eigenvalue weighted by molar-refractivity contribution is -0.119. The predicted octanol–water partition coefficient (Wildman–Crippen LogP) is 2.85. The molecule has 3 rings (SSSR count). The van der Waals surface area contributed by atoms with Crippen LogP contribution in [-0.4, -0.2) is 35.8 Å². The highest BCUT2D eigenvalue weighted by molar-refractivity contribution is 8.00. The summed E-state index contributed by atoms with van der Waals surface area (Å²) in [5.74, 6) is -0.933. The van der Waals surface area contributed by atoms with Crippen molar-refractivity contribution in [2.24, 2.45) is 0 Å². The highest BCUT2D eigenvalue weighted by Crippen LogP contribution is 2.26. The first-order chi connectivity index (χ1) is 11.6. The summed E-state index contributed by atoms with van der Waals surface area (Å²) in [6, 6.07) is 7.42. The number of aromatic nitrogens is 1. The Bertz CT molecular complexity index is 694. The second kappa shape index (κ2) is 7.61. The van der Waals surface area contributed by atoms with E-state index in [1.165, 1.54) is 30.0 Å². The lowest BCUT2D eigenvalue weighted by atomic mass is 10.2. The van der Waals surface area contributed by atoms with Gasteiger partial charge in [-0.25, -0.2) is 8.78 Å². The van der Waals surface area contributed by atoms with Gasteiger partial charge in [-0.2, -0.15) is 0 Å². The summed E-state index contributed by atoms with van der Waals surface area (Å²) >= 11 is 1.43. The first-order valence-corrected chi connectivity index (χ1v) is 8.63. The molecule has 24 heavy (non-hydrogen) atoms. The van der Waals surface area contributed by atoms with E-state index in [0.717, 1.165) is 4.90 Å². The molecule has 1 fully saturated rings. The monoisotopic (exact) mass is 349 g/mol. The SMILES string of the molecule is O=C(CSc1ccncc1)NC1CCN(c2c(F)cccc2F)C1. The normalized spacial score (nSPS) is 17.1. The molecule has 1 N–H and O–H groups in total. The Morgan fingerprint density at radius 3 is 2.67 bits per heavy atom. The minimum atomic E-state index is -0.574. The van der Waals surface area contributed by atoms with Crippen molar-refractivity contribution in [2.75, 3.05) is 23.7 Å². The number of hydrogen-bond donors (Lipinski definition) is 1. The molecular formula is C17H17F2N3OS. The van der Waals surface area contributed by atoms with Gasteiger partial charge in [-0.3, -0.25) is 9.78 Å². The Kier molecular flexibility index (Phi) is 5.30. The number of pyridine rings is 1. The topological polar surface area (TPSA) is 45.2 Å². The average Bonchev–Trinajstić information content (AvgIpc) is 3.02.